The van der Waals surface area contributed by atoms with Gasteiger partial charge in [0, 0.05) is 42.4 Å². The molecule has 0 spiro atoms. The minimum atomic E-state index is -0.365. The van der Waals surface area contributed by atoms with Crippen LogP contribution in [0, 0.1) is 0 Å². The number of carbonyl (C=O) groups is 3. The molecular formula is C18H19N5O3. The van der Waals surface area contributed by atoms with E-state index in [4.69, 9.17) is 0 Å². The van der Waals surface area contributed by atoms with Crippen LogP contribution < -0.4 is 10.6 Å². The molecule has 0 bridgehead atoms. The van der Waals surface area contributed by atoms with Crippen molar-refractivity contribution in [1.29, 1.82) is 0 Å². The number of aromatic nitrogens is 2. The number of hydrogen-bond donors (Lipinski definition) is 3. The fourth-order valence-electron chi connectivity index (χ4n) is 3.38. The van der Waals surface area contributed by atoms with E-state index in [-0.39, 0.29) is 29.3 Å². The van der Waals surface area contributed by atoms with Crippen molar-refractivity contribution in [3.8, 4) is 0 Å². The largest absolute Gasteiger partial charge is 0.312 e. The Morgan fingerprint density at radius 1 is 1.23 bits per heavy atom. The molecule has 8 heteroatoms. The van der Waals surface area contributed by atoms with Gasteiger partial charge in [0.15, 0.2) is 5.82 Å². The fourth-order valence-corrected chi connectivity index (χ4v) is 3.38. The standard InChI is InChI=1S/C18H19N5O3/c1-9(2)23-17(25)11-4-3-10(7-12(11)18(23)26)16(24)20-15-13-8-19-6-5-14(13)21-22-15/h3-4,7,9,19H,5-6,8H2,1-2H3,(H2,20,21,22,24). The van der Waals surface area contributed by atoms with E-state index in [0.29, 0.717) is 23.5 Å². The number of H-pyrrole nitrogens is 1. The van der Waals surface area contributed by atoms with E-state index in [0.717, 1.165) is 24.2 Å². The Hall–Kier alpha value is -3.00. The minimum absolute atomic E-state index is 0.234. The Kier molecular flexibility index (Phi) is 3.84. The van der Waals surface area contributed by atoms with Gasteiger partial charge in [0.1, 0.15) is 0 Å². The normalized spacial score (nSPS) is 16.0. The summed E-state index contributed by atoms with van der Waals surface area (Å²) < 4.78 is 0. The van der Waals surface area contributed by atoms with Crippen molar-refractivity contribution in [2.45, 2.75) is 32.9 Å². The molecule has 0 radical (unpaired) electrons. The van der Waals surface area contributed by atoms with E-state index >= 15 is 0 Å². The lowest BCUT2D eigenvalue weighted by Crippen LogP contribution is -2.35. The number of benzene rings is 1. The molecule has 1 aromatic carbocycles. The summed E-state index contributed by atoms with van der Waals surface area (Å²) >= 11 is 0. The van der Waals surface area contributed by atoms with Crippen LogP contribution in [-0.4, -0.2) is 45.4 Å². The summed E-state index contributed by atoms with van der Waals surface area (Å²) in [6.07, 6.45) is 0.832. The van der Waals surface area contributed by atoms with Gasteiger partial charge in [0.05, 0.1) is 11.1 Å². The van der Waals surface area contributed by atoms with Crippen molar-refractivity contribution >= 4 is 23.5 Å². The highest BCUT2D eigenvalue weighted by molar-refractivity contribution is 6.22. The number of nitrogens with one attached hydrogen (secondary N) is 3. The molecule has 2 aliphatic rings. The van der Waals surface area contributed by atoms with Crippen LogP contribution in [0.3, 0.4) is 0 Å². The molecule has 0 saturated carbocycles. The second kappa shape index (κ2) is 6.06. The number of fused-ring (bicyclic) bond motifs is 2. The van der Waals surface area contributed by atoms with Crippen molar-refractivity contribution in [1.82, 2.24) is 20.4 Å². The molecule has 26 heavy (non-hydrogen) atoms. The summed E-state index contributed by atoms with van der Waals surface area (Å²) in [6, 6.07) is 4.34. The zero-order chi connectivity index (χ0) is 18.4. The second-order valence-corrected chi connectivity index (χ2v) is 6.74. The highest BCUT2D eigenvalue weighted by atomic mass is 16.2. The predicted molar refractivity (Wildman–Crippen MR) is 94.0 cm³/mol. The zero-order valence-corrected chi connectivity index (χ0v) is 14.5. The van der Waals surface area contributed by atoms with Gasteiger partial charge in [-0.05, 0) is 32.0 Å². The molecule has 1 aromatic heterocycles. The van der Waals surface area contributed by atoms with Gasteiger partial charge in [0.2, 0.25) is 0 Å². The van der Waals surface area contributed by atoms with Crippen LogP contribution in [0.15, 0.2) is 18.2 Å². The maximum atomic E-state index is 12.6. The Labute approximate surface area is 150 Å². The highest BCUT2D eigenvalue weighted by Crippen LogP contribution is 2.26. The SMILES string of the molecule is CC(C)N1C(=O)c2ccc(C(=O)Nc3n[nH]c4c3CNCC4)cc2C1=O. The lowest BCUT2D eigenvalue weighted by molar-refractivity contribution is 0.0609. The number of amides is 3. The average molecular weight is 353 g/mol. The van der Waals surface area contributed by atoms with Crippen LogP contribution in [0.1, 0.15) is 56.2 Å². The molecule has 0 aliphatic carbocycles. The van der Waals surface area contributed by atoms with Gasteiger partial charge in [-0.1, -0.05) is 0 Å². The van der Waals surface area contributed by atoms with Gasteiger partial charge in [-0.3, -0.25) is 24.4 Å². The second-order valence-electron chi connectivity index (χ2n) is 6.74. The number of aromatic amines is 1. The molecule has 0 saturated heterocycles. The van der Waals surface area contributed by atoms with Crippen LogP contribution in [0.5, 0.6) is 0 Å². The molecule has 0 unspecified atom stereocenters. The lowest BCUT2D eigenvalue weighted by Gasteiger charge is -2.17. The van der Waals surface area contributed by atoms with Crippen molar-refractivity contribution < 1.29 is 14.4 Å². The third kappa shape index (κ3) is 2.50. The van der Waals surface area contributed by atoms with Crippen LogP contribution in [0.25, 0.3) is 0 Å². The van der Waals surface area contributed by atoms with Crippen molar-refractivity contribution in [2.24, 2.45) is 0 Å². The van der Waals surface area contributed by atoms with Gasteiger partial charge in [-0.25, -0.2) is 0 Å². The van der Waals surface area contributed by atoms with E-state index in [9.17, 15) is 14.4 Å². The summed E-state index contributed by atoms with van der Waals surface area (Å²) in [5, 5.41) is 13.1. The van der Waals surface area contributed by atoms with Crippen molar-refractivity contribution in [3.63, 3.8) is 0 Å². The van der Waals surface area contributed by atoms with E-state index in [1.165, 1.54) is 17.0 Å². The quantitative estimate of drug-likeness (QED) is 0.721. The monoisotopic (exact) mass is 353 g/mol. The van der Waals surface area contributed by atoms with Crippen molar-refractivity contribution in [2.75, 3.05) is 11.9 Å². The van der Waals surface area contributed by atoms with Gasteiger partial charge in [-0.15, -0.1) is 0 Å². The molecule has 0 atom stereocenters. The number of imide groups is 1. The number of nitrogens with zero attached hydrogens (tertiary/aromatic N) is 2. The molecule has 0 fully saturated rings. The summed E-state index contributed by atoms with van der Waals surface area (Å²) in [6.45, 7) is 5.08. The molecular weight excluding hydrogens is 334 g/mol. The Balaban J connectivity index is 1.60. The molecule has 3 amide bonds. The van der Waals surface area contributed by atoms with Gasteiger partial charge >= 0.3 is 0 Å². The lowest BCUT2D eigenvalue weighted by atomic mass is 10.0. The van der Waals surface area contributed by atoms with Gasteiger partial charge in [0.25, 0.3) is 17.7 Å². The summed E-state index contributed by atoms with van der Waals surface area (Å²) in [5.41, 5.74) is 2.88. The van der Waals surface area contributed by atoms with E-state index in [1.807, 2.05) is 0 Å². The van der Waals surface area contributed by atoms with Gasteiger partial charge < -0.3 is 10.6 Å². The third-order valence-electron chi connectivity index (χ3n) is 4.73. The van der Waals surface area contributed by atoms with Crippen LogP contribution in [-0.2, 0) is 13.0 Å². The van der Waals surface area contributed by atoms with E-state index in [1.54, 1.807) is 19.9 Å². The maximum Gasteiger partial charge on any atom is 0.261 e. The number of carbonyl (C=O) groups excluding carboxylic acids is 3. The van der Waals surface area contributed by atoms with E-state index in [2.05, 4.69) is 20.8 Å². The summed E-state index contributed by atoms with van der Waals surface area (Å²) in [5.74, 6) is -0.560. The molecule has 2 aliphatic heterocycles. The van der Waals surface area contributed by atoms with Crippen LogP contribution in [0.2, 0.25) is 0 Å². The first-order chi connectivity index (χ1) is 12.5. The third-order valence-corrected chi connectivity index (χ3v) is 4.73. The van der Waals surface area contributed by atoms with Crippen LogP contribution >= 0.6 is 0 Å². The molecule has 8 nitrogen and oxygen atoms in total. The summed E-state index contributed by atoms with van der Waals surface area (Å²) in [4.78, 5) is 38.6. The first-order valence-corrected chi connectivity index (χ1v) is 8.57. The smallest absolute Gasteiger partial charge is 0.261 e. The first kappa shape index (κ1) is 16.5. The average Bonchev–Trinajstić information content (AvgIpc) is 3.14. The highest BCUT2D eigenvalue weighted by Gasteiger charge is 2.37. The van der Waals surface area contributed by atoms with Crippen LogP contribution in [0.4, 0.5) is 5.82 Å². The summed E-state index contributed by atoms with van der Waals surface area (Å²) in [7, 11) is 0. The Morgan fingerprint density at radius 2 is 2.00 bits per heavy atom. The first-order valence-electron chi connectivity index (χ1n) is 8.57. The topological polar surface area (TPSA) is 107 Å². The fraction of sp³-hybridized carbons (Fsp3) is 0.333. The molecule has 2 aromatic rings. The molecule has 134 valence electrons. The minimum Gasteiger partial charge on any atom is -0.312 e. The number of rotatable bonds is 3. The molecule has 3 heterocycles. The maximum absolute atomic E-state index is 12.6. The molecule has 3 N–H and O–H groups in total. The number of hydrogen-bond acceptors (Lipinski definition) is 5. The van der Waals surface area contributed by atoms with E-state index < -0.39 is 0 Å². The zero-order valence-electron chi connectivity index (χ0n) is 14.5. The molecule has 4 rings (SSSR count). The Bertz CT molecular complexity index is 931. The van der Waals surface area contributed by atoms with Crippen molar-refractivity contribution in [3.05, 3.63) is 46.1 Å². The number of anilines is 1. The Morgan fingerprint density at radius 3 is 2.77 bits per heavy atom. The van der Waals surface area contributed by atoms with Gasteiger partial charge in [-0.2, -0.15) is 5.10 Å². The predicted octanol–water partition coefficient (Wildman–Crippen LogP) is 1.31.